The van der Waals surface area contributed by atoms with Crippen molar-refractivity contribution in [2.45, 2.75) is 13.5 Å². The first-order chi connectivity index (χ1) is 11.7. The number of aromatic nitrogens is 2. The van der Waals surface area contributed by atoms with Gasteiger partial charge in [-0.05, 0) is 55.5 Å². The van der Waals surface area contributed by atoms with Gasteiger partial charge in [-0.25, -0.2) is 0 Å². The van der Waals surface area contributed by atoms with E-state index in [0.717, 1.165) is 11.3 Å². The third kappa shape index (κ3) is 3.60. The first-order valence-corrected chi connectivity index (χ1v) is 7.36. The highest BCUT2D eigenvalue weighted by Gasteiger charge is 2.09. The number of ether oxygens (including phenoxy) is 2. The van der Waals surface area contributed by atoms with E-state index in [4.69, 9.17) is 13.9 Å². The number of methoxy groups -OCH3 is 1. The summed E-state index contributed by atoms with van der Waals surface area (Å²) in [5.41, 5.74) is 1.45. The van der Waals surface area contributed by atoms with Gasteiger partial charge in [0.05, 0.1) is 7.11 Å². The fourth-order valence-corrected chi connectivity index (χ4v) is 2.09. The Labute approximate surface area is 139 Å². The van der Waals surface area contributed by atoms with Gasteiger partial charge in [0.25, 0.3) is 5.89 Å². The number of benzene rings is 2. The lowest BCUT2D eigenvalue weighted by molar-refractivity contribution is 0.101. The van der Waals surface area contributed by atoms with Crippen LogP contribution in [0.5, 0.6) is 11.5 Å². The zero-order valence-corrected chi connectivity index (χ0v) is 13.4. The molecule has 6 heteroatoms. The van der Waals surface area contributed by atoms with Crippen LogP contribution < -0.4 is 9.47 Å². The Kier molecular flexibility index (Phi) is 4.56. The Bertz CT molecular complexity index is 823. The van der Waals surface area contributed by atoms with E-state index in [-0.39, 0.29) is 12.4 Å². The van der Waals surface area contributed by atoms with Crippen LogP contribution in [0.4, 0.5) is 0 Å². The standard InChI is InChI=1S/C18H16N2O4/c1-12(21)13-3-9-16(10-4-13)23-11-17-19-20-18(24-17)14-5-7-15(22-2)8-6-14/h3-10H,11H2,1-2H3. The maximum absolute atomic E-state index is 11.2. The summed E-state index contributed by atoms with van der Waals surface area (Å²) in [6, 6.07) is 14.2. The zero-order chi connectivity index (χ0) is 16.9. The highest BCUT2D eigenvalue weighted by molar-refractivity contribution is 5.94. The van der Waals surface area contributed by atoms with Gasteiger partial charge >= 0.3 is 0 Å². The number of ketones is 1. The van der Waals surface area contributed by atoms with Gasteiger partial charge in [0, 0.05) is 11.1 Å². The molecule has 0 fully saturated rings. The summed E-state index contributed by atoms with van der Waals surface area (Å²) < 4.78 is 16.3. The molecule has 0 atom stereocenters. The van der Waals surface area contributed by atoms with E-state index in [0.29, 0.717) is 23.1 Å². The SMILES string of the molecule is COc1ccc(-c2nnc(COc3ccc(C(C)=O)cc3)o2)cc1. The molecule has 0 spiro atoms. The lowest BCUT2D eigenvalue weighted by Crippen LogP contribution is -1.97. The second kappa shape index (κ2) is 6.95. The monoisotopic (exact) mass is 324 g/mol. The van der Waals surface area contributed by atoms with Crippen molar-refractivity contribution < 1.29 is 18.7 Å². The van der Waals surface area contributed by atoms with Crippen LogP contribution in [0.15, 0.2) is 52.9 Å². The molecule has 0 aliphatic rings. The Balaban J connectivity index is 1.64. The van der Waals surface area contributed by atoms with E-state index in [1.807, 2.05) is 24.3 Å². The van der Waals surface area contributed by atoms with Crippen LogP contribution in [0.3, 0.4) is 0 Å². The van der Waals surface area contributed by atoms with Crippen molar-refractivity contribution in [1.82, 2.24) is 10.2 Å². The number of carbonyl (C=O) groups is 1. The van der Waals surface area contributed by atoms with Crippen LogP contribution in [-0.2, 0) is 6.61 Å². The van der Waals surface area contributed by atoms with Crippen molar-refractivity contribution in [2.24, 2.45) is 0 Å². The number of Topliss-reactive ketones (excluding diaryl/α,β-unsaturated/α-hetero) is 1. The molecule has 0 bridgehead atoms. The van der Waals surface area contributed by atoms with E-state index < -0.39 is 0 Å². The van der Waals surface area contributed by atoms with Crippen LogP contribution >= 0.6 is 0 Å². The topological polar surface area (TPSA) is 74.5 Å². The minimum atomic E-state index is 0.0163. The highest BCUT2D eigenvalue weighted by Crippen LogP contribution is 2.21. The molecule has 2 aromatic carbocycles. The molecule has 1 aromatic heterocycles. The van der Waals surface area contributed by atoms with Crippen molar-refractivity contribution in [1.29, 1.82) is 0 Å². The molecule has 6 nitrogen and oxygen atoms in total. The molecule has 0 saturated carbocycles. The van der Waals surface area contributed by atoms with Gasteiger partial charge in [0.15, 0.2) is 12.4 Å². The number of hydrogen-bond donors (Lipinski definition) is 0. The molecule has 0 N–H and O–H groups in total. The Hall–Kier alpha value is -3.15. The molecule has 0 saturated heterocycles. The lowest BCUT2D eigenvalue weighted by Gasteiger charge is -2.03. The van der Waals surface area contributed by atoms with Crippen molar-refractivity contribution >= 4 is 5.78 Å². The number of nitrogens with zero attached hydrogens (tertiary/aromatic N) is 2. The Morgan fingerprint density at radius 3 is 2.29 bits per heavy atom. The third-order valence-corrected chi connectivity index (χ3v) is 3.43. The maximum atomic E-state index is 11.2. The summed E-state index contributed by atoms with van der Waals surface area (Å²) in [4.78, 5) is 11.2. The van der Waals surface area contributed by atoms with E-state index in [9.17, 15) is 4.79 Å². The summed E-state index contributed by atoms with van der Waals surface area (Å²) in [6.07, 6.45) is 0. The van der Waals surface area contributed by atoms with E-state index >= 15 is 0 Å². The molecule has 0 radical (unpaired) electrons. The number of hydrogen-bond acceptors (Lipinski definition) is 6. The minimum absolute atomic E-state index is 0.0163. The van der Waals surface area contributed by atoms with E-state index in [1.165, 1.54) is 6.92 Å². The van der Waals surface area contributed by atoms with E-state index in [1.54, 1.807) is 31.4 Å². The summed E-state index contributed by atoms with van der Waals surface area (Å²) in [5, 5.41) is 7.98. The summed E-state index contributed by atoms with van der Waals surface area (Å²) >= 11 is 0. The smallest absolute Gasteiger partial charge is 0.254 e. The Morgan fingerprint density at radius 1 is 1.00 bits per heavy atom. The molecule has 24 heavy (non-hydrogen) atoms. The molecular weight excluding hydrogens is 308 g/mol. The normalized spacial score (nSPS) is 10.4. The molecule has 0 unspecified atom stereocenters. The molecular formula is C18H16N2O4. The average molecular weight is 324 g/mol. The van der Waals surface area contributed by atoms with Crippen LogP contribution in [-0.4, -0.2) is 23.1 Å². The van der Waals surface area contributed by atoms with Gasteiger partial charge in [-0.1, -0.05) is 0 Å². The second-order valence-electron chi connectivity index (χ2n) is 5.10. The summed E-state index contributed by atoms with van der Waals surface area (Å²) in [7, 11) is 1.61. The van der Waals surface area contributed by atoms with Crippen molar-refractivity contribution in [3.05, 3.63) is 60.0 Å². The second-order valence-corrected chi connectivity index (χ2v) is 5.10. The van der Waals surface area contributed by atoms with Crippen LogP contribution in [0.25, 0.3) is 11.5 Å². The van der Waals surface area contributed by atoms with Gasteiger partial charge in [0.1, 0.15) is 11.5 Å². The van der Waals surface area contributed by atoms with Gasteiger partial charge in [-0.2, -0.15) is 0 Å². The average Bonchev–Trinajstić information content (AvgIpc) is 3.09. The fourth-order valence-electron chi connectivity index (χ4n) is 2.09. The minimum Gasteiger partial charge on any atom is -0.497 e. The van der Waals surface area contributed by atoms with Crippen molar-refractivity contribution in [3.8, 4) is 23.0 Å². The molecule has 0 aliphatic heterocycles. The predicted octanol–water partition coefficient (Wildman–Crippen LogP) is 3.53. The number of carbonyl (C=O) groups excluding carboxylic acids is 1. The maximum Gasteiger partial charge on any atom is 0.254 e. The van der Waals surface area contributed by atoms with Crippen molar-refractivity contribution in [3.63, 3.8) is 0 Å². The zero-order valence-electron chi connectivity index (χ0n) is 13.4. The largest absolute Gasteiger partial charge is 0.497 e. The summed E-state index contributed by atoms with van der Waals surface area (Å²) in [6.45, 7) is 1.68. The lowest BCUT2D eigenvalue weighted by atomic mass is 10.1. The first-order valence-electron chi connectivity index (χ1n) is 7.36. The molecule has 0 amide bonds. The third-order valence-electron chi connectivity index (χ3n) is 3.43. The fraction of sp³-hybridized carbons (Fsp3) is 0.167. The van der Waals surface area contributed by atoms with Gasteiger partial charge in [0.2, 0.25) is 5.89 Å². The van der Waals surface area contributed by atoms with Gasteiger partial charge < -0.3 is 13.9 Å². The van der Waals surface area contributed by atoms with Gasteiger partial charge in [-0.15, -0.1) is 10.2 Å². The molecule has 122 valence electrons. The first kappa shape index (κ1) is 15.7. The summed E-state index contributed by atoms with van der Waals surface area (Å²) in [5.74, 6) is 2.20. The highest BCUT2D eigenvalue weighted by atomic mass is 16.5. The van der Waals surface area contributed by atoms with Gasteiger partial charge in [-0.3, -0.25) is 4.79 Å². The van der Waals surface area contributed by atoms with Crippen LogP contribution in [0.2, 0.25) is 0 Å². The van der Waals surface area contributed by atoms with Crippen LogP contribution in [0, 0.1) is 0 Å². The van der Waals surface area contributed by atoms with Crippen LogP contribution in [0.1, 0.15) is 23.2 Å². The van der Waals surface area contributed by atoms with E-state index in [2.05, 4.69) is 10.2 Å². The molecule has 0 aliphatic carbocycles. The number of rotatable bonds is 6. The molecule has 3 rings (SSSR count). The molecule has 1 heterocycles. The Morgan fingerprint density at radius 2 is 1.67 bits per heavy atom. The predicted molar refractivity (Wildman–Crippen MR) is 87.1 cm³/mol. The molecule has 3 aromatic rings. The van der Waals surface area contributed by atoms with Crippen molar-refractivity contribution in [2.75, 3.05) is 7.11 Å². The quantitative estimate of drug-likeness (QED) is 0.646.